The molecular weight excluding hydrogens is 554 g/mol. The minimum absolute atomic E-state index is 0.0374. The quantitative estimate of drug-likeness (QED) is 0.181. The molecule has 7 heteroatoms. The first-order valence-corrected chi connectivity index (χ1v) is 16.8. The number of hydrogen-bond acceptors (Lipinski definition) is 5. The van der Waals surface area contributed by atoms with Crippen molar-refractivity contribution in [2.75, 3.05) is 13.2 Å². The summed E-state index contributed by atoms with van der Waals surface area (Å²) >= 11 is 0. The lowest BCUT2D eigenvalue weighted by atomic mass is 9.97. The molecule has 1 heterocycles. The van der Waals surface area contributed by atoms with E-state index < -0.39 is 13.4 Å². The molecule has 4 aromatic rings. The van der Waals surface area contributed by atoms with Gasteiger partial charge in [0.05, 0.1) is 11.6 Å². The fourth-order valence-corrected chi connectivity index (χ4v) is 10.0. The van der Waals surface area contributed by atoms with Gasteiger partial charge in [-0.3, -0.25) is 9.59 Å². The Bertz CT molecular complexity index is 1520. The van der Waals surface area contributed by atoms with E-state index in [2.05, 4.69) is 13.8 Å². The Balaban J connectivity index is 1.35. The number of likely N-dealkylation sites (tertiary alicyclic amines) is 1. The Morgan fingerprint density at radius 3 is 2.21 bits per heavy atom. The largest absolute Gasteiger partial charge is 0.507 e. The number of benzene rings is 4. The molecule has 0 spiro atoms. The van der Waals surface area contributed by atoms with E-state index in [0.29, 0.717) is 37.0 Å². The number of nitrogens with zero attached hydrogens (tertiary/aromatic N) is 1. The monoisotopic (exact) mass is 593 g/mol. The molecular formula is C36H39NO5Si. The predicted molar refractivity (Wildman–Crippen MR) is 172 cm³/mol. The van der Waals surface area contributed by atoms with Crippen molar-refractivity contribution in [2.24, 2.45) is 0 Å². The Morgan fingerprint density at radius 1 is 0.930 bits per heavy atom. The number of phenols is 1. The average Bonchev–Trinajstić information content (AvgIpc) is 3.51. The first kappa shape index (κ1) is 30.3. The van der Waals surface area contributed by atoms with Gasteiger partial charge in [-0.05, 0) is 64.9 Å². The maximum absolute atomic E-state index is 14.0. The van der Waals surface area contributed by atoms with E-state index in [1.165, 1.54) is 6.07 Å². The highest BCUT2D eigenvalue weighted by Crippen LogP contribution is 2.40. The molecule has 1 atom stereocenters. The molecule has 1 fully saturated rings. The van der Waals surface area contributed by atoms with Crippen molar-refractivity contribution in [3.05, 3.63) is 120 Å². The number of aromatic hydroxyl groups is 1. The number of carbonyl (C=O) groups is 2. The van der Waals surface area contributed by atoms with Gasteiger partial charge < -0.3 is 19.5 Å². The zero-order valence-corrected chi connectivity index (χ0v) is 25.8. The van der Waals surface area contributed by atoms with Crippen LogP contribution in [-0.2, 0) is 6.42 Å². The van der Waals surface area contributed by atoms with Gasteiger partial charge in [0.15, 0.2) is 6.29 Å². The average molecular weight is 594 g/mol. The third kappa shape index (κ3) is 6.14. The second-order valence-electron chi connectivity index (χ2n) is 11.9. The van der Waals surface area contributed by atoms with Gasteiger partial charge >= 0.3 is 0 Å². The third-order valence-electron chi connectivity index (χ3n) is 8.86. The zero-order valence-electron chi connectivity index (χ0n) is 24.8. The van der Waals surface area contributed by atoms with E-state index in [0.717, 1.165) is 28.8 Å². The molecule has 0 radical (unpaired) electrons. The van der Waals surface area contributed by atoms with E-state index in [1.807, 2.05) is 89.8 Å². The van der Waals surface area contributed by atoms with Gasteiger partial charge in [0.2, 0.25) is 0 Å². The topological polar surface area (TPSA) is 87.1 Å². The zero-order chi connectivity index (χ0) is 30.5. The standard InChI is InChI=1S/C36H39NO5Si/c1-36(2,43(41,29-15-5-3-6-16-29)30-17-7-4-8-18-30)23-22-27-13-9-10-19-31(27)35(40)37-24-12-14-28(37)26-42-34-21-11-20-33(39)32(34)25-38/h3-11,13,15-21,25,28,39,41H,12,14,22-24,26H2,1-2H3/t28-/m0/s1. The summed E-state index contributed by atoms with van der Waals surface area (Å²) in [4.78, 5) is 39.9. The molecule has 43 heavy (non-hydrogen) atoms. The molecule has 0 aromatic heterocycles. The highest BCUT2D eigenvalue weighted by molar-refractivity contribution is 6.98. The minimum Gasteiger partial charge on any atom is -0.507 e. The van der Waals surface area contributed by atoms with Crippen LogP contribution < -0.4 is 15.1 Å². The van der Waals surface area contributed by atoms with Crippen LogP contribution >= 0.6 is 0 Å². The fourth-order valence-electron chi connectivity index (χ4n) is 6.28. The lowest BCUT2D eigenvalue weighted by molar-refractivity contribution is 0.0689. The number of carbonyl (C=O) groups excluding carboxylic acids is 2. The number of hydrogen-bond donors (Lipinski definition) is 2. The number of aryl methyl sites for hydroxylation is 1. The van der Waals surface area contributed by atoms with Gasteiger partial charge in [-0.2, -0.15) is 0 Å². The predicted octanol–water partition coefficient (Wildman–Crippen LogP) is 5.35. The van der Waals surface area contributed by atoms with Crippen LogP contribution in [0.3, 0.4) is 0 Å². The van der Waals surface area contributed by atoms with Gasteiger partial charge in [0.1, 0.15) is 18.1 Å². The summed E-state index contributed by atoms with van der Waals surface area (Å²) in [5, 5.41) is 11.5. The van der Waals surface area contributed by atoms with E-state index in [9.17, 15) is 19.5 Å². The SMILES string of the molecule is CC(C)(CCc1ccccc1C(=O)N1CCC[C@H]1COc1cccc(O)c1C=O)[Si](O)(c1ccccc1)c1ccccc1. The van der Waals surface area contributed by atoms with Crippen molar-refractivity contribution < 1.29 is 24.2 Å². The second kappa shape index (κ2) is 13.0. The molecule has 0 unspecified atom stereocenters. The van der Waals surface area contributed by atoms with Gasteiger partial charge in [-0.15, -0.1) is 0 Å². The van der Waals surface area contributed by atoms with Crippen molar-refractivity contribution in [2.45, 2.75) is 50.6 Å². The van der Waals surface area contributed by atoms with Gasteiger partial charge in [-0.25, -0.2) is 0 Å². The molecule has 1 saturated heterocycles. The van der Waals surface area contributed by atoms with Crippen molar-refractivity contribution in [1.82, 2.24) is 4.90 Å². The van der Waals surface area contributed by atoms with E-state index in [1.54, 1.807) is 12.1 Å². The fraction of sp³-hybridized carbons (Fsp3) is 0.278. The molecule has 222 valence electrons. The minimum atomic E-state index is -3.17. The normalized spacial score (nSPS) is 15.3. The summed E-state index contributed by atoms with van der Waals surface area (Å²) in [6.07, 6.45) is 3.58. The molecule has 0 saturated carbocycles. The van der Waals surface area contributed by atoms with Gasteiger partial charge in [0.25, 0.3) is 14.2 Å². The smallest absolute Gasteiger partial charge is 0.258 e. The van der Waals surface area contributed by atoms with Crippen molar-refractivity contribution >= 4 is 30.9 Å². The summed E-state index contributed by atoms with van der Waals surface area (Å²) < 4.78 is 5.94. The van der Waals surface area contributed by atoms with Crippen molar-refractivity contribution in [1.29, 1.82) is 0 Å². The van der Waals surface area contributed by atoms with Crippen LogP contribution in [0.4, 0.5) is 0 Å². The van der Waals surface area contributed by atoms with Crippen LogP contribution in [-0.4, -0.2) is 54.5 Å². The molecule has 2 N–H and O–H groups in total. The van der Waals surface area contributed by atoms with E-state index in [4.69, 9.17) is 4.74 Å². The molecule has 1 aliphatic heterocycles. The summed E-state index contributed by atoms with van der Waals surface area (Å²) in [5.41, 5.74) is 1.74. The van der Waals surface area contributed by atoms with E-state index in [-0.39, 0.29) is 29.9 Å². The summed E-state index contributed by atoms with van der Waals surface area (Å²) in [5.74, 6) is 0.147. The first-order valence-electron chi connectivity index (χ1n) is 14.9. The van der Waals surface area contributed by atoms with Gasteiger partial charge in [0, 0.05) is 12.1 Å². The molecule has 1 amide bonds. The second-order valence-corrected chi connectivity index (χ2v) is 15.8. The van der Waals surface area contributed by atoms with Crippen molar-refractivity contribution in [3.63, 3.8) is 0 Å². The van der Waals surface area contributed by atoms with Crippen LogP contribution in [0.15, 0.2) is 103 Å². The first-order chi connectivity index (χ1) is 20.8. The third-order valence-corrected chi connectivity index (χ3v) is 13.4. The maximum Gasteiger partial charge on any atom is 0.258 e. The van der Waals surface area contributed by atoms with Crippen LogP contribution in [0.25, 0.3) is 0 Å². The number of rotatable bonds is 11. The highest BCUT2D eigenvalue weighted by Gasteiger charge is 2.49. The lowest BCUT2D eigenvalue weighted by Gasteiger charge is -2.41. The Morgan fingerprint density at radius 2 is 1.56 bits per heavy atom. The summed E-state index contributed by atoms with van der Waals surface area (Å²) in [6.45, 7) is 5.15. The van der Waals surface area contributed by atoms with Crippen LogP contribution in [0, 0.1) is 0 Å². The Kier molecular flexibility index (Phi) is 9.13. The number of amides is 1. The molecule has 0 bridgehead atoms. The Labute approximate surface area is 254 Å². The van der Waals surface area contributed by atoms with Crippen LogP contribution in [0.1, 0.15) is 59.4 Å². The number of aldehydes is 1. The molecule has 1 aliphatic rings. The van der Waals surface area contributed by atoms with Crippen molar-refractivity contribution in [3.8, 4) is 11.5 Å². The molecule has 4 aromatic carbocycles. The van der Waals surface area contributed by atoms with Crippen LogP contribution in [0.2, 0.25) is 5.04 Å². The number of phenolic OH excluding ortho intramolecular Hbond substituents is 1. The number of ether oxygens (including phenoxy) is 1. The van der Waals surface area contributed by atoms with E-state index >= 15 is 0 Å². The highest BCUT2D eigenvalue weighted by atomic mass is 28.4. The molecule has 5 rings (SSSR count). The maximum atomic E-state index is 14.0. The molecule has 6 nitrogen and oxygen atoms in total. The lowest BCUT2D eigenvalue weighted by Crippen LogP contribution is -2.65. The van der Waals surface area contributed by atoms with Crippen LogP contribution in [0.5, 0.6) is 11.5 Å². The summed E-state index contributed by atoms with van der Waals surface area (Å²) in [6, 6.07) is 32.3. The molecule has 0 aliphatic carbocycles. The Hall–Kier alpha value is -4.20. The van der Waals surface area contributed by atoms with Gasteiger partial charge in [-0.1, -0.05) is 98.8 Å². The summed E-state index contributed by atoms with van der Waals surface area (Å²) in [7, 11) is -3.17.